The van der Waals surface area contributed by atoms with Crippen LogP contribution >= 0.6 is 0 Å². The molecule has 1 atom stereocenters. The summed E-state index contributed by atoms with van der Waals surface area (Å²) in [6.45, 7) is 0.347. The number of anilines is 1. The lowest BCUT2D eigenvalue weighted by Crippen LogP contribution is -2.42. The Hall–Kier alpha value is -2.78. The number of hydrogen-bond donors (Lipinski definition) is 2. The molecule has 2 heterocycles. The molecule has 7 nitrogen and oxygen atoms in total. The summed E-state index contributed by atoms with van der Waals surface area (Å²) in [5, 5.41) is 3.73. The van der Waals surface area contributed by atoms with Gasteiger partial charge in [-0.1, -0.05) is 6.07 Å². The summed E-state index contributed by atoms with van der Waals surface area (Å²) in [4.78, 5) is 23.9. The quantitative estimate of drug-likeness (QED) is 0.849. The van der Waals surface area contributed by atoms with Crippen molar-refractivity contribution in [2.75, 3.05) is 24.6 Å². The molecule has 0 spiro atoms. The van der Waals surface area contributed by atoms with Crippen molar-refractivity contribution in [3.8, 4) is 0 Å². The van der Waals surface area contributed by atoms with E-state index in [4.69, 9.17) is 10.5 Å². The molecule has 0 saturated carbocycles. The monoisotopic (exact) mass is 370 g/mol. The number of piperidine rings is 1. The third kappa shape index (κ3) is 3.73. The van der Waals surface area contributed by atoms with E-state index >= 15 is 0 Å². The Kier molecular flexibility index (Phi) is 4.75. The van der Waals surface area contributed by atoms with Crippen molar-refractivity contribution in [3.05, 3.63) is 29.3 Å². The van der Waals surface area contributed by atoms with Gasteiger partial charge in [-0.15, -0.1) is 0 Å². The average molecular weight is 370 g/mol. The number of primary amides is 1. The van der Waals surface area contributed by atoms with E-state index in [1.807, 2.05) is 0 Å². The number of ether oxygens (including phenoxy) is 1. The molecule has 3 rings (SSSR count). The number of carbonyl (C=O) groups excluding carboxylic acids is 2. The number of rotatable bonds is 3. The third-order valence-electron chi connectivity index (χ3n) is 4.42. The van der Waals surface area contributed by atoms with Gasteiger partial charge in [-0.2, -0.15) is 18.3 Å². The molecule has 1 aromatic rings. The molecule has 2 aliphatic rings. The fraction of sp³-hybridized carbons (Fsp3) is 0.438. The molecule has 0 unspecified atom stereocenters. The number of nitrogens with two attached hydrogens (primary N) is 1. The van der Waals surface area contributed by atoms with E-state index in [1.165, 1.54) is 17.0 Å². The molecule has 26 heavy (non-hydrogen) atoms. The number of nitrogens with one attached hydrogen (secondary N) is 1. The SMILES string of the molecule is NC(=O)[C@@H]1CCCN(c2ccc(C3=NNC(=O)OC3)cc2C(F)(F)F)C1. The predicted octanol–water partition coefficient (Wildman–Crippen LogP) is 1.85. The zero-order valence-corrected chi connectivity index (χ0v) is 13.7. The zero-order valence-electron chi connectivity index (χ0n) is 13.7. The van der Waals surface area contributed by atoms with E-state index in [9.17, 15) is 22.8 Å². The number of halogens is 3. The van der Waals surface area contributed by atoms with Crippen molar-refractivity contribution in [3.63, 3.8) is 0 Å². The topological polar surface area (TPSA) is 97.0 Å². The predicted molar refractivity (Wildman–Crippen MR) is 86.6 cm³/mol. The average Bonchev–Trinajstić information content (AvgIpc) is 2.61. The van der Waals surface area contributed by atoms with Crippen LogP contribution in [0.2, 0.25) is 0 Å². The van der Waals surface area contributed by atoms with Gasteiger partial charge in [0, 0.05) is 24.3 Å². The van der Waals surface area contributed by atoms with E-state index in [2.05, 4.69) is 10.5 Å². The van der Waals surface area contributed by atoms with Crippen LogP contribution in [-0.4, -0.2) is 37.4 Å². The summed E-state index contributed by atoms with van der Waals surface area (Å²) < 4.78 is 45.6. The summed E-state index contributed by atoms with van der Waals surface area (Å²) >= 11 is 0. The lowest BCUT2D eigenvalue weighted by molar-refractivity contribution is -0.137. The van der Waals surface area contributed by atoms with Crippen molar-refractivity contribution in [1.82, 2.24) is 5.43 Å². The highest BCUT2D eigenvalue weighted by molar-refractivity contribution is 6.04. The van der Waals surface area contributed by atoms with Crippen LogP contribution in [0.25, 0.3) is 0 Å². The van der Waals surface area contributed by atoms with Gasteiger partial charge in [-0.05, 0) is 25.0 Å². The standard InChI is InChI=1S/C16H17F3N4O3/c17-16(18,19)11-6-9(12-8-26-15(25)22-21-12)3-4-13(11)23-5-1-2-10(7-23)14(20)24/h3-4,6,10H,1-2,5,7-8H2,(H2,20,24)(H,22,25)/t10-/m1/s1. The Morgan fingerprint density at radius 3 is 2.77 bits per heavy atom. The maximum absolute atomic E-state index is 13.6. The minimum atomic E-state index is -4.59. The Morgan fingerprint density at radius 1 is 1.38 bits per heavy atom. The van der Waals surface area contributed by atoms with Crippen molar-refractivity contribution >= 4 is 23.4 Å². The van der Waals surface area contributed by atoms with Crippen molar-refractivity contribution in [2.45, 2.75) is 19.0 Å². The lowest BCUT2D eigenvalue weighted by atomic mass is 9.95. The summed E-state index contributed by atoms with van der Waals surface area (Å²) in [6.07, 6.45) is -4.20. The van der Waals surface area contributed by atoms with Crippen LogP contribution in [0.1, 0.15) is 24.0 Å². The highest BCUT2D eigenvalue weighted by atomic mass is 19.4. The van der Waals surface area contributed by atoms with Crippen molar-refractivity contribution in [2.24, 2.45) is 16.8 Å². The molecule has 0 aliphatic carbocycles. The number of amides is 2. The van der Waals surface area contributed by atoms with E-state index in [0.29, 0.717) is 19.4 Å². The van der Waals surface area contributed by atoms with E-state index in [-0.39, 0.29) is 30.1 Å². The molecule has 1 aromatic carbocycles. The second kappa shape index (κ2) is 6.85. The molecule has 140 valence electrons. The summed E-state index contributed by atoms with van der Waals surface area (Å²) in [7, 11) is 0. The highest BCUT2D eigenvalue weighted by Gasteiger charge is 2.37. The number of alkyl halides is 3. The van der Waals surface area contributed by atoms with Gasteiger partial charge in [0.25, 0.3) is 0 Å². The molecular weight excluding hydrogens is 353 g/mol. The molecular formula is C16H17F3N4O3. The molecule has 2 aliphatic heterocycles. The van der Waals surface area contributed by atoms with Crippen LogP contribution in [0.5, 0.6) is 0 Å². The van der Waals surface area contributed by atoms with Crippen LogP contribution in [0, 0.1) is 5.92 Å². The lowest BCUT2D eigenvalue weighted by Gasteiger charge is -2.34. The largest absolute Gasteiger partial charge is 0.442 e. The van der Waals surface area contributed by atoms with E-state index in [1.54, 1.807) is 0 Å². The smallest absolute Gasteiger partial charge is 0.428 e. The maximum atomic E-state index is 13.6. The number of hydrazone groups is 1. The summed E-state index contributed by atoms with van der Waals surface area (Å²) in [5.74, 6) is -0.986. The van der Waals surface area contributed by atoms with Crippen LogP contribution in [0.4, 0.5) is 23.7 Å². The Morgan fingerprint density at radius 2 is 2.15 bits per heavy atom. The van der Waals surface area contributed by atoms with Gasteiger partial charge in [-0.25, -0.2) is 10.2 Å². The Bertz CT molecular complexity index is 764. The Balaban J connectivity index is 1.95. The minimum absolute atomic E-state index is 0.00596. The first-order valence-electron chi connectivity index (χ1n) is 8.01. The molecule has 0 radical (unpaired) electrons. The molecule has 3 N–H and O–H groups in total. The van der Waals surface area contributed by atoms with Crippen LogP contribution in [0.3, 0.4) is 0 Å². The summed E-state index contributed by atoms with van der Waals surface area (Å²) in [5.41, 5.74) is 6.93. The fourth-order valence-corrected chi connectivity index (χ4v) is 3.11. The fourth-order valence-electron chi connectivity index (χ4n) is 3.11. The van der Waals surface area contributed by atoms with Crippen LogP contribution in [-0.2, 0) is 15.7 Å². The van der Waals surface area contributed by atoms with E-state index < -0.39 is 29.7 Å². The second-order valence-corrected chi connectivity index (χ2v) is 6.16. The summed E-state index contributed by atoms with van der Waals surface area (Å²) in [6, 6.07) is 3.81. The number of benzene rings is 1. The first kappa shape index (κ1) is 18.0. The maximum Gasteiger partial charge on any atom is 0.428 e. The molecule has 0 bridgehead atoms. The van der Waals surface area contributed by atoms with Crippen LogP contribution in [0.15, 0.2) is 23.3 Å². The Labute approximate surface area is 147 Å². The van der Waals surface area contributed by atoms with Gasteiger partial charge in [0.15, 0.2) is 0 Å². The van der Waals surface area contributed by atoms with Crippen LogP contribution < -0.4 is 16.1 Å². The van der Waals surface area contributed by atoms with E-state index in [0.717, 1.165) is 6.07 Å². The molecule has 10 heteroatoms. The van der Waals surface area contributed by atoms with Gasteiger partial charge in [0.05, 0.1) is 11.5 Å². The zero-order chi connectivity index (χ0) is 18.9. The number of cyclic esters (lactones) is 1. The minimum Gasteiger partial charge on any atom is -0.442 e. The van der Waals surface area contributed by atoms with Gasteiger partial charge in [0.2, 0.25) is 5.91 Å². The molecule has 2 amide bonds. The van der Waals surface area contributed by atoms with Gasteiger partial charge in [0.1, 0.15) is 12.3 Å². The first-order chi connectivity index (χ1) is 12.3. The first-order valence-corrected chi connectivity index (χ1v) is 8.01. The second-order valence-electron chi connectivity index (χ2n) is 6.16. The molecule has 1 saturated heterocycles. The van der Waals surface area contributed by atoms with Gasteiger partial charge >= 0.3 is 12.3 Å². The highest BCUT2D eigenvalue weighted by Crippen LogP contribution is 2.38. The normalized spacial score (nSPS) is 20.9. The number of nitrogens with zero attached hydrogens (tertiary/aromatic N) is 2. The van der Waals surface area contributed by atoms with Gasteiger partial charge in [-0.3, -0.25) is 4.79 Å². The number of hydrogen-bond acceptors (Lipinski definition) is 5. The van der Waals surface area contributed by atoms with Crippen molar-refractivity contribution in [1.29, 1.82) is 0 Å². The molecule has 1 fully saturated rings. The number of carbonyl (C=O) groups is 2. The van der Waals surface area contributed by atoms with Gasteiger partial charge < -0.3 is 15.4 Å². The van der Waals surface area contributed by atoms with Crippen molar-refractivity contribution < 1.29 is 27.5 Å². The molecule has 0 aromatic heterocycles. The third-order valence-corrected chi connectivity index (χ3v) is 4.42.